The molecule has 0 aromatic heterocycles. The predicted molar refractivity (Wildman–Crippen MR) is 162 cm³/mol. The van der Waals surface area contributed by atoms with Gasteiger partial charge in [-0.3, -0.25) is 9.59 Å². The molecule has 2 aliphatic heterocycles. The highest BCUT2D eigenvalue weighted by Crippen LogP contribution is 2.34. The normalized spacial score (nSPS) is 18.4. The van der Waals surface area contributed by atoms with E-state index in [4.69, 9.17) is 4.74 Å². The summed E-state index contributed by atoms with van der Waals surface area (Å²) in [6.07, 6.45) is 2.29. The third-order valence-electron chi connectivity index (χ3n) is 7.76. The summed E-state index contributed by atoms with van der Waals surface area (Å²) in [4.78, 5) is 29.9. The van der Waals surface area contributed by atoms with Crippen LogP contribution in [0.4, 0.5) is 0 Å². The van der Waals surface area contributed by atoms with E-state index in [0.717, 1.165) is 39.8 Å². The number of nitrogens with zero attached hydrogens (tertiary/aromatic N) is 2. The monoisotopic (exact) mass is 601 g/mol. The van der Waals surface area contributed by atoms with Crippen LogP contribution in [0.3, 0.4) is 0 Å². The first-order chi connectivity index (χ1) is 19.4. The number of hydrogen-bond donors (Lipinski definition) is 1. The smallest absolute Gasteiger partial charge is 0.251 e. The van der Waals surface area contributed by atoms with E-state index in [1.165, 1.54) is 11.1 Å². The number of nitrogens with one attached hydrogen (secondary N) is 1. The molecule has 208 valence electrons. The lowest BCUT2D eigenvalue weighted by Crippen LogP contribution is -2.61. The van der Waals surface area contributed by atoms with Crippen LogP contribution in [0.2, 0.25) is 0 Å². The first-order valence-corrected chi connectivity index (χ1v) is 14.7. The van der Waals surface area contributed by atoms with Crippen LogP contribution in [0, 0.1) is 0 Å². The summed E-state index contributed by atoms with van der Waals surface area (Å²) in [5.41, 5.74) is 5.33. The molecule has 3 aromatic rings. The number of halogens is 1. The van der Waals surface area contributed by atoms with Crippen molar-refractivity contribution in [3.05, 3.63) is 106 Å². The number of piperazine rings is 1. The predicted octanol–water partition coefficient (Wildman–Crippen LogP) is 5.12. The van der Waals surface area contributed by atoms with Gasteiger partial charge in [0.05, 0.1) is 12.6 Å². The van der Waals surface area contributed by atoms with Crippen LogP contribution < -0.4 is 10.1 Å². The van der Waals surface area contributed by atoms with Gasteiger partial charge in [0.25, 0.3) is 5.91 Å². The van der Waals surface area contributed by atoms with Crippen LogP contribution in [0.1, 0.15) is 30.0 Å². The summed E-state index contributed by atoms with van der Waals surface area (Å²) in [6.45, 7) is 3.99. The van der Waals surface area contributed by atoms with Crippen LogP contribution in [-0.4, -0.2) is 67.0 Å². The minimum atomic E-state index is -0.184. The van der Waals surface area contributed by atoms with Crippen molar-refractivity contribution in [3.63, 3.8) is 0 Å². The summed E-state index contributed by atoms with van der Waals surface area (Å²) in [5, 5.41) is 3.64. The molecule has 2 unspecified atom stereocenters. The Kier molecular flexibility index (Phi) is 9.02. The quantitative estimate of drug-likeness (QED) is 0.370. The minimum absolute atomic E-state index is 0.0266. The largest absolute Gasteiger partial charge is 0.493 e. The lowest BCUT2D eigenvalue weighted by molar-refractivity contribution is -0.132. The first kappa shape index (κ1) is 28.1. The van der Waals surface area contributed by atoms with Gasteiger partial charge in [-0.05, 0) is 53.3 Å². The number of likely N-dealkylation sites (N-methyl/N-ethyl adjacent to an activating group) is 1. The Morgan fingerprint density at radius 3 is 2.45 bits per heavy atom. The van der Waals surface area contributed by atoms with Gasteiger partial charge in [-0.25, -0.2) is 0 Å². The third-order valence-corrected chi connectivity index (χ3v) is 8.26. The van der Waals surface area contributed by atoms with Gasteiger partial charge in [-0.15, -0.1) is 0 Å². The number of carbonyl (C=O) groups excluding carboxylic acids is 2. The Morgan fingerprint density at radius 2 is 1.73 bits per heavy atom. The lowest BCUT2D eigenvalue weighted by Gasteiger charge is -2.44. The fourth-order valence-electron chi connectivity index (χ4n) is 5.59. The molecule has 40 heavy (non-hydrogen) atoms. The topological polar surface area (TPSA) is 61.9 Å². The van der Waals surface area contributed by atoms with Crippen LogP contribution in [-0.2, 0) is 22.4 Å². The molecule has 6 nitrogen and oxygen atoms in total. The Morgan fingerprint density at radius 1 is 0.975 bits per heavy atom. The van der Waals surface area contributed by atoms with E-state index in [-0.39, 0.29) is 23.9 Å². The number of benzene rings is 3. The highest BCUT2D eigenvalue weighted by molar-refractivity contribution is 9.10. The van der Waals surface area contributed by atoms with Crippen molar-refractivity contribution in [1.82, 2.24) is 15.1 Å². The molecule has 1 N–H and O–H groups in total. The maximum absolute atomic E-state index is 14.0. The molecule has 0 aliphatic carbocycles. The van der Waals surface area contributed by atoms with Gasteiger partial charge in [0.1, 0.15) is 5.75 Å². The molecule has 0 radical (unpaired) electrons. The van der Waals surface area contributed by atoms with Crippen LogP contribution in [0.15, 0.2) is 88.9 Å². The Bertz CT molecular complexity index is 1370. The van der Waals surface area contributed by atoms with Crippen molar-refractivity contribution in [2.24, 2.45) is 0 Å². The molecule has 1 fully saturated rings. The molecule has 0 spiro atoms. The van der Waals surface area contributed by atoms with Crippen LogP contribution in [0.25, 0.3) is 5.57 Å². The lowest BCUT2D eigenvalue weighted by atomic mass is 9.82. The van der Waals surface area contributed by atoms with Gasteiger partial charge in [0, 0.05) is 56.1 Å². The van der Waals surface area contributed by atoms with Gasteiger partial charge in [0.15, 0.2) is 0 Å². The van der Waals surface area contributed by atoms with Gasteiger partial charge in [0.2, 0.25) is 5.91 Å². The Hall–Kier alpha value is -3.42. The average molecular weight is 603 g/mol. The SMILES string of the molecule is CC(=O)N1CC2CC(c3ccc(CCOc4cccc(Br)c4)cc3)=C(C(=O)N(C)CCc3ccccc3)C(C1)N2. The van der Waals surface area contributed by atoms with Crippen LogP contribution >= 0.6 is 15.9 Å². The average Bonchev–Trinajstić information content (AvgIpc) is 2.96. The summed E-state index contributed by atoms with van der Waals surface area (Å²) in [6, 6.07) is 26.6. The second-order valence-electron chi connectivity index (χ2n) is 10.7. The van der Waals surface area contributed by atoms with Crippen molar-refractivity contribution in [2.45, 2.75) is 38.3 Å². The Balaban J connectivity index is 1.34. The molecule has 2 amide bonds. The van der Waals surface area contributed by atoms with E-state index in [0.29, 0.717) is 32.7 Å². The molecule has 3 aromatic carbocycles. The van der Waals surface area contributed by atoms with Crippen LogP contribution in [0.5, 0.6) is 5.75 Å². The molecule has 2 heterocycles. The number of rotatable bonds is 9. The molecule has 2 atom stereocenters. The first-order valence-electron chi connectivity index (χ1n) is 13.9. The number of hydrogen-bond acceptors (Lipinski definition) is 4. The highest BCUT2D eigenvalue weighted by atomic mass is 79.9. The molecule has 5 rings (SSSR count). The standard InChI is InChI=1S/C33H36BrN3O3/c1-23(38)37-21-28-20-30(26-13-11-25(12-14-26)16-18-40-29-10-6-9-27(34)19-29)32(31(22-37)35-28)33(39)36(2)17-15-24-7-4-3-5-8-24/h3-14,19,28,31,35H,15-18,20-22H2,1-2H3. The zero-order chi connectivity index (χ0) is 28.1. The molecule has 1 saturated heterocycles. The molecule has 2 aliphatic rings. The molecular formula is C33H36BrN3O3. The highest BCUT2D eigenvalue weighted by Gasteiger charge is 2.39. The van der Waals surface area contributed by atoms with Gasteiger partial charge in [-0.2, -0.15) is 0 Å². The van der Waals surface area contributed by atoms with E-state index in [9.17, 15) is 9.59 Å². The second-order valence-corrected chi connectivity index (χ2v) is 11.6. The molecule has 7 heteroatoms. The van der Waals surface area contributed by atoms with Crippen molar-refractivity contribution < 1.29 is 14.3 Å². The van der Waals surface area contributed by atoms with E-state index >= 15 is 0 Å². The Labute approximate surface area is 245 Å². The van der Waals surface area contributed by atoms with Crippen molar-refractivity contribution >= 4 is 33.3 Å². The van der Waals surface area contributed by atoms with Crippen molar-refractivity contribution in [3.8, 4) is 5.75 Å². The van der Waals surface area contributed by atoms with Gasteiger partial charge < -0.3 is 19.9 Å². The fraction of sp³-hybridized carbons (Fsp3) is 0.333. The number of ether oxygens (including phenoxy) is 1. The zero-order valence-corrected chi connectivity index (χ0v) is 24.7. The summed E-state index contributed by atoms with van der Waals surface area (Å²) in [7, 11) is 1.88. The van der Waals surface area contributed by atoms with E-state index in [1.807, 2.05) is 59.3 Å². The maximum Gasteiger partial charge on any atom is 0.251 e. The van der Waals surface area contributed by atoms with Crippen molar-refractivity contribution in [2.75, 3.05) is 33.3 Å². The summed E-state index contributed by atoms with van der Waals surface area (Å²) >= 11 is 3.48. The molecular weight excluding hydrogens is 566 g/mol. The minimum Gasteiger partial charge on any atom is -0.493 e. The van der Waals surface area contributed by atoms with Gasteiger partial charge >= 0.3 is 0 Å². The van der Waals surface area contributed by atoms with E-state index in [2.05, 4.69) is 57.6 Å². The zero-order valence-electron chi connectivity index (χ0n) is 23.1. The number of fused-ring (bicyclic) bond motifs is 2. The number of amides is 2. The van der Waals surface area contributed by atoms with E-state index in [1.54, 1.807) is 6.92 Å². The van der Waals surface area contributed by atoms with Crippen molar-refractivity contribution in [1.29, 1.82) is 0 Å². The third kappa shape index (κ3) is 6.83. The summed E-state index contributed by atoms with van der Waals surface area (Å²) < 4.78 is 6.91. The summed E-state index contributed by atoms with van der Waals surface area (Å²) in [5.74, 6) is 0.925. The fourth-order valence-corrected chi connectivity index (χ4v) is 5.97. The maximum atomic E-state index is 14.0. The second kappa shape index (κ2) is 12.8. The molecule has 2 bridgehead atoms. The van der Waals surface area contributed by atoms with E-state index < -0.39 is 0 Å². The number of carbonyl (C=O) groups is 2. The molecule has 0 saturated carbocycles. The van der Waals surface area contributed by atoms with Gasteiger partial charge in [-0.1, -0.05) is 76.6 Å².